The molecule has 0 aliphatic heterocycles. The van der Waals surface area contributed by atoms with Crippen LogP contribution >= 0.6 is 0 Å². The smallest absolute Gasteiger partial charge is 0.255 e. The van der Waals surface area contributed by atoms with Crippen LogP contribution < -0.4 is 11.1 Å². The number of carbonyl (C=O) groups excluding carboxylic acids is 4. The number of phenols is 1. The number of nitrogens with one attached hydrogen (secondary N) is 1. The van der Waals surface area contributed by atoms with Crippen LogP contribution in [0.25, 0.3) is 16.9 Å². The van der Waals surface area contributed by atoms with E-state index in [2.05, 4.69) is 5.32 Å². The van der Waals surface area contributed by atoms with Crippen molar-refractivity contribution in [2.45, 2.75) is 24.5 Å². The van der Waals surface area contributed by atoms with E-state index < -0.39 is 58.0 Å². The zero-order valence-corrected chi connectivity index (χ0v) is 24.9. The van der Waals surface area contributed by atoms with Gasteiger partial charge in [-0.25, -0.2) is 0 Å². The molecule has 232 valence electrons. The summed E-state index contributed by atoms with van der Waals surface area (Å²) in [5.41, 5.74) is 3.76. The molecule has 12 heteroatoms. The van der Waals surface area contributed by atoms with Gasteiger partial charge in [-0.3, -0.25) is 24.1 Å². The Kier molecular flexibility index (Phi) is 7.87. The summed E-state index contributed by atoms with van der Waals surface area (Å²) in [5.74, 6) is -7.33. The number of Topliss-reactive ketones (excluding diaryl/α,β-unsaturated/α-hetero) is 2. The maximum atomic E-state index is 14.0. The number of phenolic OH excluding ortho intramolecular Hbond substituents is 1. The van der Waals surface area contributed by atoms with Crippen LogP contribution in [-0.2, 0) is 20.8 Å². The first-order valence-electron chi connectivity index (χ1n) is 14.2. The molecule has 2 aromatic carbocycles. The second-order valence-corrected chi connectivity index (χ2v) is 12.1. The van der Waals surface area contributed by atoms with Crippen LogP contribution in [0.2, 0.25) is 0 Å². The number of primary amides is 1. The highest BCUT2D eigenvalue weighted by Crippen LogP contribution is 2.53. The zero-order valence-electron chi connectivity index (χ0n) is 24.9. The number of hydrogen-bond donors (Lipinski definition) is 6. The Balaban J connectivity index is 1.62. The minimum absolute atomic E-state index is 0.0142. The first-order chi connectivity index (χ1) is 20.7. The van der Waals surface area contributed by atoms with Crippen molar-refractivity contribution in [1.29, 1.82) is 0 Å². The normalized spacial score (nSPS) is 24.8. The highest BCUT2D eigenvalue weighted by atomic mass is 16.3. The molecule has 1 fully saturated rings. The van der Waals surface area contributed by atoms with Crippen molar-refractivity contribution in [2.24, 2.45) is 17.6 Å². The van der Waals surface area contributed by atoms with E-state index in [9.17, 15) is 39.6 Å². The third-order valence-electron chi connectivity index (χ3n) is 8.88. The molecule has 2 aromatic rings. The average molecular weight is 605 g/mol. The van der Waals surface area contributed by atoms with Gasteiger partial charge in [0.25, 0.3) is 11.8 Å². The van der Waals surface area contributed by atoms with Gasteiger partial charge >= 0.3 is 0 Å². The molecule has 0 aromatic heterocycles. The highest BCUT2D eigenvalue weighted by Gasteiger charge is 2.64. The Labute approximate surface area is 254 Å². The predicted molar refractivity (Wildman–Crippen MR) is 161 cm³/mol. The quantitative estimate of drug-likeness (QED) is 0.248. The SMILES string of the molecule is CN(C)CCNC(=O)c1cccc(-c2ccc(O)c3c2CC2CC4C(N(C)C)C(=O)C(C(N)=O)=C(O)C4(O)C(=O)C2=C3O)c1. The summed E-state index contributed by atoms with van der Waals surface area (Å²) in [6.07, 6.45) is 0.118. The number of benzene rings is 2. The fourth-order valence-electron chi connectivity index (χ4n) is 6.84. The molecule has 0 saturated heterocycles. The van der Waals surface area contributed by atoms with Crippen LogP contribution in [0.3, 0.4) is 0 Å². The second-order valence-electron chi connectivity index (χ2n) is 12.1. The molecule has 12 nitrogen and oxygen atoms in total. The number of amides is 2. The first kappa shape index (κ1) is 30.9. The summed E-state index contributed by atoms with van der Waals surface area (Å²) >= 11 is 0. The van der Waals surface area contributed by atoms with Crippen LogP contribution in [-0.4, -0.2) is 107 Å². The van der Waals surface area contributed by atoms with Crippen molar-refractivity contribution < 1.29 is 39.6 Å². The molecule has 7 N–H and O–H groups in total. The molecule has 1 saturated carbocycles. The predicted octanol–water partition coefficient (Wildman–Crippen LogP) is 0.922. The van der Waals surface area contributed by atoms with Gasteiger partial charge in [-0.1, -0.05) is 18.2 Å². The van der Waals surface area contributed by atoms with Crippen molar-refractivity contribution >= 4 is 29.1 Å². The lowest BCUT2D eigenvalue weighted by Crippen LogP contribution is -2.65. The standard InChI is InChI=1S/C32H36N4O8/c1-35(2)11-10-34-31(43)16-7-5-6-15(12-16)18-8-9-21(37)23-19(18)13-17-14-20-25(36(3)4)27(39)24(30(33)42)29(41)32(20,44)28(40)22(17)26(23)38/h5-9,12,17,20,25,37-38,41,44H,10-11,13-14H2,1-4H3,(H2,33,42)(H,34,43). The van der Waals surface area contributed by atoms with E-state index in [0.29, 0.717) is 35.3 Å². The monoisotopic (exact) mass is 604 g/mol. The molecular weight excluding hydrogens is 568 g/mol. The van der Waals surface area contributed by atoms with Crippen LogP contribution in [0.15, 0.2) is 53.3 Å². The fraction of sp³-hybridized carbons (Fsp3) is 0.375. The molecule has 4 atom stereocenters. The third kappa shape index (κ3) is 4.75. The molecule has 0 spiro atoms. The summed E-state index contributed by atoms with van der Waals surface area (Å²) in [6.45, 7) is 1.12. The van der Waals surface area contributed by atoms with Crippen molar-refractivity contribution in [1.82, 2.24) is 15.1 Å². The minimum atomic E-state index is -2.70. The summed E-state index contributed by atoms with van der Waals surface area (Å²) in [4.78, 5) is 55.7. The second kappa shape index (κ2) is 11.2. The topological polar surface area (TPSA) is 194 Å². The van der Waals surface area contributed by atoms with Gasteiger partial charge in [-0.05, 0) is 81.8 Å². The molecular formula is C32H36N4O8. The Bertz CT molecular complexity index is 1660. The molecule has 3 aliphatic rings. The molecule has 44 heavy (non-hydrogen) atoms. The van der Waals surface area contributed by atoms with Crippen LogP contribution in [0.1, 0.15) is 27.9 Å². The Morgan fingerprint density at radius 3 is 2.41 bits per heavy atom. The average Bonchev–Trinajstić information content (AvgIpc) is 2.94. The highest BCUT2D eigenvalue weighted by molar-refractivity contribution is 6.24. The molecule has 0 bridgehead atoms. The molecule has 2 amide bonds. The lowest BCUT2D eigenvalue weighted by Gasteiger charge is -2.50. The molecule has 0 radical (unpaired) electrons. The van der Waals surface area contributed by atoms with Crippen molar-refractivity contribution in [3.8, 4) is 16.9 Å². The maximum Gasteiger partial charge on any atom is 0.255 e. The number of aliphatic hydroxyl groups is 3. The Hall–Kier alpha value is -4.52. The van der Waals surface area contributed by atoms with Crippen LogP contribution in [0.5, 0.6) is 5.75 Å². The Morgan fingerprint density at radius 1 is 1.07 bits per heavy atom. The number of aromatic hydroxyl groups is 1. The van der Waals surface area contributed by atoms with Gasteiger partial charge in [0.05, 0.1) is 11.6 Å². The lowest BCUT2D eigenvalue weighted by molar-refractivity contribution is -0.153. The fourth-order valence-corrected chi connectivity index (χ4v) is 6.84. The van der Waals surface area contributed by atoms with Gasteiger partial charge in [-0.2, -0.15) is 0 Å². The number of nitrogens with zero attached hydrogens (tertiary/aromatic N) is 2. The van der Waals surface area contributed by atoms with E-state index in [1.165, 1.54) is 11.0 Å². The van der Waals surface area contributed by atoms with Crippen LogP contribution in [0.4, 0.5) is 0 Å². The summed E-state index contributed by atoms with van der Waals surface area (Å²) in [7, 11) is 6.91. The number of aliphatic hydroxyl groups excluding tert-OH is 2. The van der Waals surface area contributed by atoms with Gasteiger partial charge < -0.3 is 36.4 Å². The van der Waals surface area contributed by atoms with E-state index in [0.717, 1.165) is 0 Å². The first-order valence-corrected chi connectivity index (χ1v) is 14.2. The molecule has 0 heterocycles. The van der Waals surface area contributed by atoms with Gasteiger partial charge in [-0.15, -0.1) is 0 Å². The summed E-state index contributed by atoms with van der Waals surface area (Å²) in [5, 5.41) is 48.0. The van der Waals surface area contributed by atoms with Gasteiger partial charge in [0.15, 0.2) is 11.4 Å². The summed E-state index contributed by atoms with van der Waals surface area (Å²) < 4.78 is 0. The van der Waals surface area contributed by atoms with Gasteiger partial charge in [0.2, 0.25) is 5.78 Å². The number of likely N-dealkylation sites (N-methyl/N-ethyl adjacent to an activating group) is 2. The van der Waals surface area contributed by atoms with E-state index >= 15 is 0 Å². The zero-order chi connectivity index (χ0) is 32.2. The summed E-state index contributed by atoms with van der Waals surface area (Å²) in [6, 6.07) is 8.76. The number of fused-ring (bicyclic) bond motifs is 3. The van der Waals surface area contributed by atoms with Crippen molar-refractivity contribution in [3.63, 3.8) is 0 Å². The van der Waals surface area contributed by atoms with E-state index in [1.54, 1.807) is 44.4 Å². The van der Waals surface area contributed by atoms with E-state index in [4.69, 9.17) is 5.73 Å². The van der Waals surface area contributed by atoms with E-state index in [1.807, 2.05) is 19.0 Å². The largest absolute Gasteiger partial charge is 0.508 e. The van der Waals surface area contributed by atoms with Crippen LogP contribution in [0, 0.1) is 11.8 Å². The van der Waals surface area contributed by atoms with Gasteiger partial charge in [0, 0.05) is 30.1 Å². The maximum absolute atomic E-state index is 14.0. The number of carbonyl (C=O) groups is 4. The molecule has 3 aliphatic carbocycles. The number of ketones is 2. The number of nitrogens with two attached hydrogens (primary N) is 1. The minimum Gasteiger partial charge on any atom is -0.508 e. The number of hydrogen-bond acceptors (Lipinski definition) is 10. The number of rotatable bonds is 7. The molecule has 4 unspecified atom stereocenters. The Morgan fingerprint density at radius 2 is 1.77 bits per heavy atom. The third-order valence-corrected chi connectivity index (χ3v) is 8.88. The molecule has 5 rings (SSSR count). The van der Waals surface area contributed by atoms with Crippen molar-refractivity contribution in [3.05, 3.63) is 70.0 Å². The van der Waals surface area contributed by atoms with Crippen molar-refractivity contribution in [2.75, 3.05) is 41.3 Å². The lowest BCUT2D eigenvalue weighted by atomic mass is 9.57. The van der Waals surface area contributed by atoms with E-state index in [-0.39, 0.29) is 35.6 Å². The van der Waals surface area contributed by atoms with Gasteiger partial charge in [0.1, 0.15) is 22.8 Å².